The first-order valence-corrected chi connectivity index (χ1v) is 23.1. The predicted molar refractivity (Wildman–Crippen MR) is 275 cm³/mol. The minimum absolute atomic E-state index is 0.169. The molecule has 0 amide bonds. The number of hydrogen-bond donors (Lipinski definition) is 0. The highest BCUT2D eigenvalue weighted by molar-refractivity contribution is 7.26. The van der Waals surface area contributed by atoms with Crippen molar-refractivity contribution in [3.8, 4) is 33.4 Å². The number of furan rings is 2. The zero-order valence-electron chi connectivity index (χ0n) is 35.7. The van der Waals surface area contributed by atoms with Gasteiger partial charge in [0.25, 0.3) is 0 Å². The Kier molecular flexibility index (Phi) is 7.62. The van der Waals surface area contributed by atoms with E-state index in [1.165, 1.54) is 64.3 Å². The van der Waals surface area contributed by atoms with Crippen molar-refractivity contribution in [1.29, 1.82) is 0 Å². The van der Waals surface area contributed by atoms with E-state index in [1.54, 1.807) is 0 Å². The van der Waals surface area contributed by atoms with Crippen LogP contribution in [-0.2, 0) is 5.41 Å². The minimum atomic E-state index is -0.169. The molecular weight excluding hydrogens is 811 g/mol. The van der Waals surface area contributed by atoms with Crippen molar-refractivity contribution in [3.63, 3.8) is 0 Å². The number of benzene rings is 10. The number of hydrogen-bond acceptors (Lipinski definition) is 4. The van der Waals surface area contributed by atoms with E-state index in [1.807, 2.05) is 17.4 Å². The van der Waals surface area contributed by atoms with E-state index in [-0.39, 0.29) is 5.41 Å². The van der Waals surface area contributed by atoms with Crippen molar-refractivity contribution in [1.82, 2.24) is 0 Å². The van der Waals surface area contributed by atoms with Gasteiger partial charge in [0.15, 0.2) is 5.58 Å². The molecule has 4 heteroatoms. The maximum Gasteiger partial charge on any atom is 0.159 e. The fraction of sp³-hybridized carbons (Fsp3) is 0.0492. The molecule has 0 unspecified atom stereocenters. The topological polar surface area (TPSA) is 29.5 Å². The molecule has 0 radical (unpaired) electrons. The fourth-order valence-corrected chi connectivity index (χ4v) is 12.2. The van der Waals surface area contributed by atoms with E-state index < -0.39 is 0 Å². The Morgan fingerprint density at radius 1 is 0.431 bits per heavy atom. The lowest BCUT2D eigenvalue weighted by atomic mass is 9.82. The Morgan fingerprint density at radius 2 is 1.12 bits per heavy atom. The average molecular weight is 850 g/mol. The Hall–Kier alpha value is -7.92. The largest absolute Gasteiger partial charge is 0.456 e. The van der Waals surface area contributed by atoms with Gasteiger partial charge in [0.1, 0.15) is 16.7 Å². The summed E-state index contributed by atoms with van der Waals surface area (Å²) in [6, 6.07) is 72.8. The molecule has 1 aliphatic rings. The quantitative estimate of drug-likeness (QED) is 0.173. The molecule has 0 saturated heterocycles. The zero-order chi connectivity index (χ0) is 43.0. The van der Waals surface area contributed by atoms with Gasteiger partial charge in [-0.2, -0.15) is 0 Å². The van der Waals surface area contributed by atoms with Gasteiger partial charge in [-0.1, -0.05) is 159 Å². The van der Waals surface area contributed by atoms with Crippen LogP contribution in [0, 0.1) is 0 Å². The molecule has 0 aliphatic heterocycles. The second-order valence-corrected chi connectivity index (χ2v) is 19.0. The van der Waals surface area contributed by atoms with Crippen LogP contribution in [0.15, 0.2) is 209 Å². The maximum absolute atomic E-state index is 7.40. The van der Waals surface area contributed by atoms with Crippen molar-refractivity contribution in [2.75, 3.05) is 4.90 Å². The summed E-state index contributed by atoms with van der Waals surface area (Å²) in [6.45, 7) is 4.70. The first-order valence-electron chi connectivity index (χ1n) is 22.3. The van der Waals surface area contributed by atoms with E-state index in [2.05, 4.69) is 213 Å². The summed E-state index contributed by atoms with van der Waals surface area (Å²) in [5.74, 6) is 0. The Morgan fingerprint density at radius 3 is 2.03 bits per heavy atom. The number of nitrogens with zero attached hydrogens (tertiary/aromatic N) is 1. The third-order valence-corrected chi connectivity index (χ3v) is 15.3. The molecule has 306 valence electrons. The summed E-state index contributed by atoms with van der Waals surface area (Å²) in [5.41, 5.74) is 16.1. The van der Waals surface area contributed by atoms with Gasteiger partial charge >= 0.3 is 0 Å². The molecule has 0 fully saturated rings. The first-order chi connectivity index (χ1) is 32.0. The van der Waals surface area contributed by atoms with Crippen LogP contribution in [0.5, 0.6) is 0 Å². The standard InChI is InChI=1S/C61H39NO2S/c1-61(2)50-21-8-5-15-43(50)44-32-31-41(34-51(44)61)62(40-29-27-37(28-30-40)42-18-11-20-47-45-16-7-10-24-55(45)65-60(42)47)52-22-12-19-46-49-35-54-57(48-17-6-9-23-53(48)63-54)56(59(49)64-58(46)52)39-26-25-36-13-3-4-14-38(36)33-39/h3-35H,1-2H3. The van der Waals surface area contributed by atoms with Crippen molar-refractivity contribution in [2.24, 2.45) is 0 Å². The van der Waals surface area contributed by atoms with Gasteiger partial charge in [-0.05, 0) is 104 Å². The van der Waals surface area contributed by atoms with Crippen LogP contribution < -0.4 is 4.90 Å². The second-order valence-electron chi connectivity index (χ2n) is 18.0. The molecule has 3 heterocycles. The van der Waals surface area contributed by atoms with E-state index in [0.29, 0.717) is 0 Å². The highest BCUT2D eigenvalue weighted by Crippen LogP contribution is 2.53. The molecule has 1 aliphatic carbocycles. The van der Waals surface area contributed by atoms with Crippen LogP contribution in [-0.4, -0.2) is 0 Å². The maximum atomic E-state index is 7.40. The van der Waals surface area contributed by atoms with Gasteiger partial charge in [-0.3, -0.25) is 0 Å². The molecule has 0 N–H and O–H groups in total. The number of thiophene rings is 1. The van der Waals surface area contributed by atoms with Gasteiger partial charge in [0.2, 0.25) is 0 Å². The molecule has 0 atom stereocenters. The van der Waals surface area contributed by atoms with E-state index >= 15 is 0 Å². The summed E-state index contributed by atoms with van der Waals surface area (Å²) in [4.78, 5) is 2.39. The molecule has 14 rings (SSSR count). The lowest BCUT2D eigenvalue weighted by molar-refractivity contribution is 0.660. The molecule has 65 heavy (non-hydrogen) atoms. The zero-order valence-corrected chi connectivity index (χ0v) is 36.5. The highest BCUT2D eigenvalue weighted by Gasteiger charge is 2.36. The lowest BCUT2D eigenvalue weighted by Crippen LogP contribution is -2.16. The third kappa shape index (κ3) is 5.29. The first kappa shape index (κ1) is 36.6. The normalized spacial score (nSPS) is 13.2. The molecule has 10 aromatic carbocycles. The number of anilines is 3. The van der Waals surface area contributed by atoms with Crippen molar-refractivity contribution in [2.45, 2.75) is 19.3 Å². The summed E-state index contributed by atoms with van der Waals surface area (Å²) in [7, 11) is 0. The van der Waals surface area contributed by atoms with E-state index in [0.717, 1.165) is 72.1 Å². The van der Waals surface area contributed by atoms with Crippen LogP contribution in [0.4, 0.5) is 17.1 Å². The predicted octanol–water partition coefficient (Wildman–Crippen LogP) is 18.1. The molecule has 0 bridgehead atoms. The molecular formula is C61H39NO2S. The number of rotatable bonds is 5. The van der Waals surface area contributed by atoms with Crippen LogP contribution >= 0.6 is 11.3 Å². The van der Waals surface area contributed by atoms with Crippen molar-refractivity contribution in [3.05, 3.63) is 211 Å². The molecule has 0 spiro atoms. The van der Waals surface area contributed by atoms with Crippen LogP contribution in [0.3, 0.4) is 0 Å². The van der Waals surface area contributed by atoms with Gasteiger partial charge in [0.05, 0.1) is 5.69 Å². The summed E-state index contributed by atoms with van der Waals surface area (Å²) in [6.07, 6.45) is 0. The van der Waals surface area contributed by atoms with Crippen LogP contribution in [0.25, 0.3) is 108 Å². The van der Waals surface area contributed by atoms with E-state index in [4.69, 9.17) is 8.83 Å². The molecule has 0 saturated carbocycles. The average Bonchev–Trinajstić information content (AvgIpc) is 4.09. The van der Waals surface area contributed by atoms with Crippen LogP contribution in [0.2, 0.25) is 0 Å². The van der Waals surface area contributed by atoms with Crippen molar-refractivity contribution < 1.29 is 8.83 Å². The molecule has 13 aromatic rings. The monoisotopic (exact) mass is 849 g/mol. The molecule has 3 nitrogen and oxygen atoms in total. The summed E-state index contributed by atoms with van der Waals surface area (Å²) >= 11 is 1.87. The van der Waals surface area contributed by atoms with Gasteiger partial charge in [-0.25, -0.2) is 0 Å². The summed E-state index contributed by atoms with van der Waals surface area (Å²) in [5, 5.41) is 9.18. The summed E-state index contributed by atoms with van der Waals surface area (Å²) < 4.78 is 16.7. The Balaban J connectivity index is 1.01. The van der Waals surface area contributed by atoms with Crippen LogP contribution in [0.1, 0.15) is 25.0 Å². The smallest absolute Gasteiger partial charge is 0.159 e. The highest BCUT2D eigenvalue weighted by atomic mass is 32.1. The fourth-order valence-electron chi connectivity index (χ4n) is 10.9. The van der Waals surface area contributed by atoms with Gasteiger partial charge in [0, 0.05) is 64.1 Å². The SMILES string of the molecule is CC1(C)c2ccccc2-c2ccc(N(c3ccc(-c4cccc5c4sc4ccccc45)cc3)c3cccc4c3oc3c(-c5ccc6ccccc6c5)c5c(cc34)oc3ccccc35)cc21. The third-order valence-electron chi connectivity index (χ3n) is 14.1. The number of para-hydroxylation sites is 2. The van der Waals surface area contributed by atoms with Gasteiger partial charge < -0.3 is 13.7 Å². The lowest BCUT2D eigenvalue weighted by Gasteiger charge is -2.28. The second kappa shape index (κ2) is 13.5. The van der Waals surface area contributed by atoms with E-state index in [9.17, 15) is 0 Å². The van der Waals surface area contributed by atoms with Crippen molar-refractivity contribution >= 4 is 103 Å². The Bertz CT molecular complexity index is 4110. The van der Waals surface area contributed by atoms with Gasteiger partial charge in [-0.15, -0.1) is 11.3 Å². The minimum Gasteiger partial charge on any atom is -0.456 e. The Labute approximate surface area is 379 Å². The number of fused-ring (bicyclic) bond motifs is 13. The molecule has 3 aromatic heterocycles.